The first-order valence-corrected chi connectivity index (χ1v) is 9.79. The molecule has 8 nitrogen and oxygen atoms in total. The fourth-order valence-electron chi connectivity index (χ4n) is 4.04. The highest BCUT2D eigenvalue weighted by Crippen LogP contribution is 2.41. The molecule has 2 N–H and O–H groups in total. The molecule has 0 aliphatic carbocycles. The molecule has 0 saturated carbocycles. The van der Waals surface area contributed by atoms with Crippen LogP contribution in [-0.4, -0.2) is 51.3 Å². The highest BCUT2D eigenvalue weighted by atomic mass is 19.4. The molecule has 11 heteroatoms. The smallest absolute Gasteiger partial charge is 0.389 e. The van der Waals surface area contributed by atoms with Crippen molar-refractivity contribution in [2.24, 2.45) is 0 Å². The number of fused-ring (bicyclic) bond motifs is 4. The number of hydrogen-bond donors (Lipinski definition) is 2. The average Bonchev–Trinajstić information content (AvgIpc) is 3.10. The summed E-state index contributed by atoms with van der Waals surface area (Å²) in [5.74, 6) is 0.483. The standard InChI is InChI=1S/C21H17F3N6O2/c22-21(23,24)13-3-1-2-12(8-13)14-4-5-15-19(27-14)30(16-10-29(15)11-17(16)31)20(32)28-18-9-25-6-7-26-18/h1-9,16-17,31H,10-11H2,(H,26,28,32)/t16-,17-/m1/s1. The first kappa shape index (κ1) is 20.2. The summed E-state index contributed by atoms with van der Waals surface area (Å²) in [7, 11) is 0. The van der Waals surface area contributed by atoms with Crippen LogP contribution in [0.2, 0.25) is 0 Å². The number of alkyl halides is 3. The lowest BCUT2D eigenvalue weighted by Crippen LogP contribution is -2.51. The van der Waals surface area contributed by atoms with Gasteiger partial charge in [0.15, 0.2) is 11.6 Å². The molecular formula is C21H17F3N6O2. The molecule has 2 aliphatic heterocycles. The molecule has 4 heterocycles. The Morgan fingerprint density at radius 3 is 2.75 bits per heavy atom. The monoisotopic (exact) mass is 442 g/mol. The van der Waals surface area contributed by atoms with Crippen LogP contribution in [0.5, 0.6) is 0 Å². The molecule has 0 spiro atoms. The van der Waals surface area contributed by atoms with E-state index in [4.69, 9.17) is 0 Å². The molecule has 5 rings (SSSR count). The van der Waals surface area contributed by atoms with E-state index in [1.807, 2.05) is 4.90 Å². The third-order valence-electron chi connectivity index (χ3n) is 5.52. The number of nitrogens with zero attached hydrogens (tertiary/aromatic N) is 5. The van der Waals surface area contributed by atoms with Gasteiger partial charge in [0.1, 0.15) is 0 Å². The SMILES string of the molecule is O=C(Nc1cnccn1)N1c2nc(-c3cccc(C(F)(F)F)c3)ccc2N2C[C@@H](O)[C@H]1C2. The summed E-state index contributed by atoms with van der Waals surface area (Å²) in [6.45, 7) is 0.726. The Morgan fingerprint density at radius 2 is 2.00 bits per heavy atom. The first-order valence-electron chi connectivity index (χ1n) is 9.79. The van der Waals surface area contributed by atoms with Crippen molar-refractivity contribution in [2.75, 3.05) is 28.2 Å². The van der Waals surface area contributed by atoms with Crippen molar-refractivity contribution in [1.82, 2.24) is 15.0 Å². The number of urea groups is 1. The van der Waals surface area contributed by atoms with Gasteiger partial charge in [-0.15, -0.1) is 0 Å². The maximum absolute atomic E-state index is 13.2. The van der Waals surface area contributed by atoms with Crippen LogP contribution in [0.15, 0.2) is 55.0 Å². The van der Waals surface area contributed by atoms with Gasteiger partial charge >= 0.3 is 12.2 Å². The normalized spacial score (nSPS) is 19.6. The molecule has 1 aromatic carbocycles. The van der Waals surface area contributed by atoms with E-state index in [1.54, 1.807) is 12.1 Å². The summed E-state index contributed by atoms with van der Waals surface area (Å²) in [5.41, 5.74) is 0.378. The third kappa shape index (κ3) is 3.50. The second-order valence-electron chi connectivity index (χ2n) is 7.55. The lowest BCUT2D eigenvalue weighted by Gasteiger charge is -2.36. The maximum Gasteiger partial charge on any atom is 0.416 e. The number of carbonyl (C=O) groups excluding carboxylic acids is 1. The lowest BCUT2D eigenvalue weighted by molar-refractivity contribution is -0.137. The number of rotatable bonds is 2. The summed E-state index contributed by atoms with van der Waals surface area (Å²) < 4.78 is 39.5. The van der Waals surface area contributed by atoms with E-state index in [0.717, 1.165) is 12.1 Å². The number of amides is 2. The summed E-state index contributed by atoms with van der Waals surface area (Å²) in [4.78, 5) is 28.8. The number of benzene rings is 1. The molecule has 2 amide bonds. The van der Waals surface area contributed by atoms with Gasteiger partial charge in [0, 0.05) is 31.0 Å². The van der Waals surface area contributed by atoms with Gasteiger partial charge in [0.25, 0.3) is 0 Å². The van der Waals surface area contributed by atoms with Crippen LogP contribution in [0.1, 0.15) is 5.56 Å². The highest BCUT2D eigenvalue weighted by molar-refractivity contribution is 6.04. The number of aliphatic hydroxyl groups is 1. The lowest BCUT2D eigenvalue weighted by atomic mass is 10.1. The topological polar surface area (TPSA) is 94.5 Å². The van der Waals surface area contributed by atoms with E-state index < -0.39 is 29.9 Å². The number of pyridine rings is 1. The number of aliphatic hydroxyl groups excluding tert-OH is 1. The zero-order chi connectivity index (χ0) is 22.5. The number of anilines is 3. The molecule has 3 aromatic rings. The summed E-state index contributed by atoms with van der Waals surface area (Å²) in [6.07, 6.45) is -1.02. The van der Waals surface area contributed by atoms with Crippen LogP contribution in [0.25, 0.3) is 11.3 Å². The Morgan fingerprint density at radius 1 is 1.16 bits per heavy atom. The molecule has 2 aliphatic rings. The average molecular weight is 442 g/mol. The van der Waals surface area contributed by atoms with Gasteiger partial charge in [-0.1, -0.05) is 12.1 Å². The van der Waals surface area contributed by atoms with Crippen molar-refractivity contribution in [2.45, 2.75) is 18.3 Å². The van der Waals surface area contributed by atoms with Crippen LogP contribution in [-0.2, 0) is 6.18 Å². The van der Waals surface area contributed by atoms with Crippen molar-refractivity contribution >= 4 is 23.4 Å². The number of halogens is 3. The minimum Gasteiger partial charge on any atom is -0.389 e. The van der Waals surface area contributed by atoms with Gasteiger partial charge in [-0.3, -0.25) is 15.2 Å². The van der Waals surface area contributed by atoms with Gasteiger partial charge in [0.2, 0.25) is 0 Å². The minimum absolute atomic E-state index is 0.225. The predicted molar refractivity (Wildman–Crippen MR) is 110 cm³/mol. The second-order valence-corrected chi connectivity index (χ2v) is 7.55. The fourth-order valence-corrected chi connectivity index (χ4v) is 4.04. The molecular weight excluding hydrogens is 425 g/mol. The molecule has 2 aromatic heterocycles. The van der Waals surface area contributed by atoms with Crippen molar-refractivity contribution in [3.8, 4) is 11.3 Å². The Labute approximate surface area is 180 Å². The summed E-state index contributed by atoms with van der Waals surface area (Å²) >= 11 is 0. The molecule has 1 saturated heterocycles. The van der Waals surface area contributed by atoms with Crippen LogP contribution in [0, 0.1) is 0 Å². The van der Waals surface area contributed by atoms with Crippen LogP contribution in [0.4, 0.5) is 35.3 Å². The van der Waals surface area contributed by atoms with E-state index in [9.17, 15) is 23.1 Å². The Hall–Kier alpha value is -3.73. The van der Waals surface area contributed by atoms with Crippen molar-refractivity contribution < 1.29 is 23.1 Å². The second kappa shape index (κ2) is 7.45. The molecule has 2 atom stereocenters. The zero-order valence-corrected chi connectivity index (χ0v) is 16.5. The van der Waals surface area contributed by atoms with Gasteiger partial charge in [-0.05, 0) is 24.3 Å². The van der Waals surface area contributed by atoms with E-state index in [-0.39, 0.29) is 22.9 Å². The minimum atomic E-state index is -4.48. The Bertz CT molecular complexity index is 1170. The van der Waals surface area contributed by atoms with Crippen molar-refractivity contribution in [1.29, 1.82) is 0 Å². The van der Waals surface area contributed by atoms with Crippen LogP contribution >= 0.6 is 0 Å². The summed E-state index contributed by atoms with van der Waals surface area (Å²) in [5, 5.41) is 13.2. The molecule has 0 unspecified atom stereocenters. The molecule has 32 heavy (non-hydrogen) atoms. The largest absolute Gasteiger partial charge is 0.416 e. The van der Waals surface area contributed by atoms with Crippen molar-refractivity contribution in [3.63, 3.8) is 0 Å². The van der Waals surface area contributed by atoms with Crippen molar-refractivity contribution in [3.05, 3.63) is 60.6 Å². The Balaban J connectivity index is 1.56. The Kier molecular flexibility index (Phi) is 4.70. The maximum atomic E-state index is 13.2. The summed E-state index contributed by atoms with van der Waals surface area (Å²) in [6, 6.07) is 7.03. The molecule has 1 fully saturated rings. The number of aromatic nitrogens is 3. The van der Waals surface area contributed by atoms with Gasteiger partial charge in [0.05, 0.1) is 35.3 Å². The van der Waals surface area contributed by atoms with E-state index in [0.29, 0.717) is 18.8 Å². The van der Waals surface area contributed by atoms with Gasteiger partial charge in [-0.2, -0.15) is 13.2 Å². The van der Waals surface area contributed by atoms with E-state index >= 15 is 0 Å². The highest BCUT2D eigenvalue weighted by Gasteiger charge is 2.45. The number of nitrogens with one attached hydrogen (secondary N) is 1. The fraction of sp³-hybridized carbons (Fsp3) is 0.238. The number of carbonyl (C=O) groups is 1. The van der Waals surface area contributed by atoms with Gasteiger partial charge < -0.3 is 10.0 Å². The first-order chi connectivity index (χ1) is 15.3. The molecule has 164 valence electrons. The zero-order valence-electron chi connectivity index (χ0n) is 16.5. The quantitative estimate of drug-likeness (QED) is 0.633. The van der Waals surface area contributed by atoms with Gasteiger partial charge in [-0.25, -0.2) is 14.8 Å². The molecule has 0 radical (unpaired) electrons. The van der Waals surface area contributed by atoms with E-state index in [1.165, 1.54) is 35.6 Å². The van der Waals surface area contributed by atoms with Crippen LogP contribution in [0.3, 0.4) is 0 Å². The molecule has 2 bridgehead atoms. The third-order valence-corrected chi connectivity index (χ3v) is 5.52. The predicted octanol–water partition coefficient (Wildman–Crippen LogP) is 3.16. The van der Waals surface area contributed by atoms with E-state index in [2.05, 4.69) is 20.3 Å². The van der Waals surface area contributed by atoms with Crippen LogP contribution < -0.4 is 15.1 Å². The number of hydrogen-bond acceptors (Lipinski definition) is 6.